The largest absolute Gasteiger partial charge is 0.394 e. The van der Waals surface area contributed by atoms with Crippen molar-refractivity contribution in [1.29, 1.82) is 0 Å². The van der Waals surface area contributed by atoms with Gasteiger partial charge in [0.1, 0.15) is 0 Å². The molecule has 15 heavy (non-hydrogen) atoms. The van der Waals surface area contributed by atoms with Gasteiger partial charge in [-0.3, -0.25) is 4.79 Å². The van der Waals surface area contributed by atoms with E-state index in [9.17, 15) is 4.79 Å². The van der Waals surface area contributed by atoms with Gasteiger partial charge in [0.25, 0.3) is 0 Å². The summed E-state index contributed by atoms with van der Waals surface area (Å²) in [6.07, 6.45) is 0. The smallest absolute Gasteiger partial charge is 0.226 e. The molecule has 0 aromatic heterocycles. The standard InChI is InChI=1S/C12H23NO2/c1-8(7-14)13(6)10(15)9-11(2,3)12(9,4)5/h8-9,14H,7H2,1-6H3. The van der Waals surface area contributed by atoms with Gasteiger partial charge >= 0.3 is 0 Å². The van der Waals surface area contributed by atoms with E-state index in [4.69, 9.17) is 5.11 Å². The van der Waals surface area contributed by atoms with E-state index in [-0.39, 0.29) is 35.3 Å². The van der Waals surface area contributed by atoms with Crippen molar-refractivity contribution in [2.24, 2.45) is 16.7 Å². The molecule has 88 valence electrons. The third-order valence-electron chi connectivity index (χ3n) is 4.54. The average molecular weight is 213 g/mol. The maximum absolute atomic E-state index is 12.2. The van der Waals surface area contributed by atoms with Crippen molar-refractivity contribution >= 4 is 5.91 Å². The minimum absolute atomic E-state index is 0.0236. The molecule has 0 heterocycles. The van der Waals surface area contributed by atoms with Gasteiger partial charge in [-0.1, -0.05) is 27.7 Å². The Labute approximate surface area is 92.5 Å². The zero-order chi connectivity index (χ0) is 12.0. The van der Waals surface area contributed by atoms with Gasteiger partial charge in [-0.05, 0) is 17.8 Å². The molecule has 0 saturated heterocycles. The number of rotatable bonds is 3. The average Bonchev–Trinajstić information content (AvgIpc) is 2.54. The lowest BCUT2D eigenvalue weighted by molar-refractivity contribution is -0.135. The monoisotopic (exact) mass is 213 g/mol. The van der Waals surface area contributed by atoms with Crippen LogP contribution in [-0.2, 0) is 4.79 Å². The highest BCUT2D eigenvalue weighted by molar-refractivity contribution is 5.84. The molecule has 1 aliphatic carbocycles. The number of carbonyl (C=O) groups is 1. The second-order valence-corrected chi connectivity index (χ2v) is 5.86. The highest BCUT2D eigenvalue weighted by atomic mass is 16.3. The fourth-order valence-corrected chi connectivity index (χ4v) is 2.36. The molecule has 0 aromatic rings. The van der Waals surface area contributed by atoms with Crippen LogP contribution in [0.1, 0.15) is 34.6 Å². The van der Waals surface area contributed by atoms with E-state index >= 15 is 0 Å². The van der Waals surface area contributed by atoms with Gasteiger partial charge in [0.2, 0.25) is 5.91 Å². The predicted octanol–water partition coefficient (Wildman–Crippen LogP) is 1.51. The highest BCUT2D eigenvalue weighted by Crippen LogP contribution is 2.68. The summed E-state index contributed by atoms with van der Waals surface area (Å²) in [5, 5.41) is 9.02. The molecule has 1 atom stereocenters. The third kappa shape index (κ3) is 1.67. The summed E-state index contributed by atoms with van der Waals surface area (Å²) in [6, 6.07) is -0.0929. The Bertz CT molecular complexity index is 257. The van der Waals surface area contributed by atoms with Gasteiger partial charge in [0, 0.05) is 13.0 Å². The molecule has 1 rings (SSSR count). The minimum Gasteiger partial charge on any atom is -0.394 e. The Hall–Kier alpha value is -0.570. The van der Waals surface area contributed by atoms with Crippen molar-refractivity contribution in [2.75, 3.05) is 13.7 Å². The van der Waals surface area contributed by atoms with Gasteiger partial charge in [-0.2, -0.15) is 0 Å². The molecule has 1 fully saturated rings. The molecule has 3 heteroatoms. The van der Waals surface area contributed by atoms with Crippen molar-refractivity contribution in [3.63, 3.8) is 0 Å². The molecular weight excluding hydrogens is 190 g/mol. The first-order valence-corrected chi connectivity index (χ1v) is 5.55. The molecule has 0 aliphatic heterocycles. The molecule has 1 N–H and O–H groups in total. The van der Waals surface area contributed by atoms with E-state index in [2.05, 4.69) is 27.7 Å². The summed E-state index contributed by atoms with van der Waals surface area (Å²) in [4.78, 5) is 13.8. The van der Waals surface area contributed by atoms with Crippen molar-refractivity contribution in [3.05, 3.63) is 0 Å². The molecule has 0 radical (unpaired) electrons. The number of nitrogens with zero attached hydrogens (tertiary/aromatic N) is 1. The third-order valence-corrected chi connectivity index (χ3v) is 4.54. The number of amides is 1. The SMILES string of the molecule is CC(CO)N(C)C(=O)C1C(C)(C)C1(C)C. The normalized spacial score (nSPS) is 24.7. The van der Waals surface area contributed by atoms with Crippen molar-refractivity contribution in [1.82, 2.24) is 4.90 Å². The van der Waals surface area contributed by atoms with Crippen LogP contribution in [0.2, 0.25) is 0 Å². The van der Waals surface area contributed by atoms with Crippen molar-refractivity contribution in [2.45, 2.75) is 40.7 Å². The molecular formula is C12H23NO2. The summed E-state index contributed by atoms with van der Waals surface area (Å²) in [5.74, 6) is 0.246. The fourth-order valence-electron chi connectivity index (χ4n) is 2.36. The van der Waals surface area contributed by atoms with Crippen LogP contribution < -0.4 is 0 Å². The maximum atomic E-state index is 12.2. The first-order chi connectivity index (χ1) is 6.67. The molecule has 1 amide bonds. The van der Waals surface area contributed by atoms with Crippen LogP contribution in [0.3, 0.4) is 0 Å². The molecule has 0 aromatic carbocycles. The summed E-state index contributed by atoms with van der Waals surface area (Å²) in [6.45, 7) is 10.4. The van der Waals surface area contributed by atoms with Crippen LogP contribution in [0.5, 0.6) is 0 Å². The molecule has 0 bridgehead atoms. The summed E-state index contributed by atoms with van der Waals surface area (Å²) >= 11 is 0. The maximum Gasteiger partial charge on any atom is 0.226 e. The molecule has 3 nitrogen and oxygen atoms in total. The fraction of sp³-hybridized carbons (Fsp3) is 0.917. The second-order valence-electron chi connectivity index (χ2n) is 5.86. The first-order valence-electron chi connectivity index (χ1n) is 5.55. The van der Waals surface area contributed by atoms with E-state index < -0.39 is 0 Å². The van der Waals surface area contributed by atoms with Crippen LogP contribution in [-0.4, -0.2) is 35.6 Å². The molecule has 0 spiro atoms. The van der Waals surface area contributed by atoms with Crippen LogP contribution >= 0.6 is 0 Å². The summed E-state index contributed by atoms with van der Waals surface area (Å²) < 4.78 is 0. The lowest BCUT2D eigenvalue weighted by Crippen LogP contribution is -2.39. The Balaban J connectivity index is 2.73. The number of hydrogen-bond donors (Lipinski definition) is 1. The van der Waals surface area contributed by atoms with Crippen molar-refractivity contribution in [3.8, 4) is 0 Å². The summed E-state index contributed by atoms with van der Waals surface area (Å²) in [7, 11) is 1.77. The number of carbonyl (C=O) groups excluding carboxylic acids is 1. The van der Waals surface area contributed by atoms with E-state index in [0.717, 1.165) is 0 Å². The van der Waals surface area contributed by atoms with Crippen LogP contribution in [0.4, 0.5) is 0 Å². The molecule has 1 saturated carbocycles. The van der Waals surface area contributed by atoms with Gasteiger partial charge < -0.3 is 10.0 Å². The lowest BCUT2D eigenvalue weighted by Gasteiger charge is -2.24. The number of aliphatic hydroxyl groups excluding tert-OH is 1. The Morgan fingerprint density at radius 2 is 1.73 bits per heavy atom. The number of likely N-dealkylation sites (N-methyl/N-ethyl adjacent to an activating group) is 1. The first kappa shape index (κ1) is 12.5. The lowest BCUT2D eigenvalue weighted by atomic mass is 10.0. The topological polar surface area (TPSA) is 40.5 Å². The van der Waals surface area contributed by atoms with Crippen LogP contribution in [0, 0.1) is 16.7 Å². The van der Waals surface area contributed by atoms with Gasteiger partial charge in [-0.15, -0.1) is 0 Å². The van der Waals surface area contributed by atoms with E-state index in [0.29, 0.717) is 0 Å². The van der Waals surface area contributed by atoms with Crippen LogP contribution in [0.25, 0.3) is 0 Å². The van der Waals surface area contributed by atoms with Gasteiger partial charge in [-0.25, -0.2) is 0 Å². The molecule has 1 unspecified atom stereocenters. The highest BCUT2D eigenvalue weighted by Gasteiger charge is 2.68. The Kier molecular flexibility index (Phi) is 2.90. The minimum atomic E-state index is -0.0929. The number of hydrogen-bond acceptors (Lipinski definition) is 2. The van der Waals surface area contributed by atoms with Crippen molar-refractivity contribution < 1.29 is 9.90 Å². The zero-order valence-corrected chi connectivity index (χ0v) is 10.7. The van der Waals surface area contributed by atoms with E-state index in [1.807, 2.05) is 6.92 Å². The van der Waals surface area contributed by atoms with E-state index in [1.54, 1.807) is 11.9 Å². The van der Waals surface area contributed by atoms with E-state index in [1.165, 1.54) is 0 Å². The number of aliphatic hydroxyl groups is 1. The Morgan fingerprint density at radius 3 is 2.00 bits per heavy atom. The quantitative estimate of drug-likeness (QED) is 0.772. The second kappa shape index (κ2) is 3.48. The molecule has 1 aliphatic rings. The van der Waals surface area contributed by atoms with Gasteiger partial charge in [0.05, 0.1) is 12.6 Å². The van der Waals surface area contributed by atoms with Gasteiger partial charge in [0.15, 0.2) is 0 Å². The Morgan fingerprint density at radius 1 is 1.33 bits per heavy atom. The van der Waals surface area contributed by atoms with Crippen LogP contribution in [0.15, 0.2) is 0 Å². The summed E-state index contributed by atoms with van der Waals surface area (Å²) in [5.41, 5.74) is 0.154. The predicted molar refractivity (Wildman–Crippen MR) is 60.4 cm³/mol. The zero-order valence-electron chi connectivity index (χ0n) is 10.7.